The lowest BCUT2D eigenvalue weighted by Crippen LogP contribution is -2.11. The van der Waals surface area contributed by atoms with Crippen molar-refractivity contribution in [2.24, 2.45) is 0 Å². The van der Waals surface area contributed by atoms with Crippen LogP contribution in [0.25, 0.3) is 0 Å². The highest BCUT2D eigenvalue weighted by atomic mass is 32.2. The Bertz CT molecular complexity index is 981. The molecule has 0 aliphatic rings. The first-order valence-electron chi connectivity index (χ1n) is 7.39. The highest BCUT2D eigenvalue weighted by Gasteiger charge is 2.12. The Morgan fingerprint density at radius 2 is 1.72 bits per heavy atom. The average molecular weight is 373 g/mol. The van der Waals surface area contributed by atoms with Crippen LogP contribution >= 0.6 is 11.3 Å². The first-order valence-corrected chi connectivity index (χ1v) is 10.1. The predicted octanol–water partition coefficient (Wildman–Crippen LogP) is 2.78. The molecule has 0 spiro atoms. The molecule has 2 aromatic carbocycles. The number of amides is 1. The van der Waals surface area contributed by atoms with E-state index in [4.69, 9.17) is 0 Å². The van der Waals surface area contributed by atoms with Gasteiger partial charge in [0.15, 0.2) is 9.84 Å². The smallest absolute Gasteiger partial charge is 0.257 e. The number of nitrogens with one attached hydrogen (secondary N) is 1. The van der Waals surface area contributed by atoms with Crippen molar-refractivity contribution in [3.63, 3.8) is 0 Å². The molecule has 0 fully saturated rings. The van der Waals surface area contributed by atoms with E-state index >= 15 is 0 Å². The normalized spacial score (nSPS) is 11.2. The van der Waals surface area contributed by atoms with Crippen LogP contribution in [0.5, 0.6) is 0 Å². The fourth-order valence-corrected chi connectivity index (χ4v) is 3.57. The molecule has 1 amide bonds. The summed E-state index contributed by atoms with van der Waals surface area (Å²) in [5, 5.41) is 11.9. The van der Waals surface area contributed by atoms with E-state index in [1.165, 1.54) is 35.6 Å². The Balaban J connectivity index is 1.67. The Hall–Kier alpha value is -2.58. The van der Waals surface area contributed by atoms with Crippen LogP contribution in [0.3, 0.4) is 0 Å². The van der Waals surface area contributed by atoms with Gasteiger partial charge >= 0.3 is 0 Å². The molecule has 0 radical (unpaired) electrons. The first-order chi connectivity index (χ1) is 11.9. The standard InChI is InChI=1S/C17H15N3O3S2/c1-25(22,23)14-9-7-13(8-10-14)16(21)18-17-20-19-15(24-17)11-12-5-3-2-4-6-12/h2-10H,11H2,1H3,(H,18,20,21). The Kier molecular flexibility index (Phi) is 4.91. The summed E-state index contributed by atoms with van der Waals surface area (Å²) in [6.45, 7) is 0. The van der Waals surface area contributed by atoms with Gasteiger partial charge in [-0.15, -0.1) is 10.2 Å². The second-order valence-electron chi connectivity index (χ2n) is 5.41. The van der Waals surface area contributed by atoms with Crippen molar-refractivity contribution in [1.29, 1.82) is 0 Å². The van der Waals surface area contributed by atoms with Crippen molar-refractivity contribution < 1.29 is 13.2 Å². The molecule has 0 aliphatic carbocycles. The molecule has 6 nitrogen and oxygen atoms in total. The maximum Gasteiger partial charge on any atom is 0.257 e. The number of hydrogen-bond acceptors (Lipinski definition) is 6. The second-order valence-corrected chi connectivity index (χ2v) is 8.49. The molecular formula is C17H15N3O3S2. The van der Waals surface area contributed by atoms with Gasteiger partial charge < -0.3 is 0 Å². The summed E-state index contributed by atoms with van der Waals surface area (Å²) in [6, 6.07) is 15.6. The quantitative estimate of drug-likeness (QED) is 0.743. The maximum absolute atomic E-state index is 12.2. The first kappa shape index (κ1) is 17.2. The minimum atomic E-state index is -3.28. The summed E-state index contributed by atoms with van der Waals surface area (Å²) in [5.41, 5.74) is 1.47. The molecule has 0 saturated carbocycles. The molecule has 0 saturated heterocycles. The molecule has 1 N–H and O–H groups in total. The molecule has 25 heavy (non-hydrogen) atoms. The van der Waals surface area contributed by atoms with Crippen molar-refractivity contribution in [3.8, 4) is 0 Å². The van der Waals surface area contributed by atoms with Gasteiger partial charge in [-0.2, -0.15) is 0 Å². The largest absolute Gasteiger partial charge is 0.296 e. The molecule has 8 heteroatoms. The molecule has 3 rings (SSSR count). The number of sulfone groups is 1. The number of anilines is 1. The summed E-state index contributed by atoms with van der Waals surface area (Å²) in [4.78, 5) is 12.4. The van der Waals surface area contributed by atoms with Gasteiger partial charge in [-0.1, -0.05) is 41.7 Å². The number of rotatable bonds is 5. The molecule has 128 valence electrons. The zero-order chi connectivity index (χ0) is 17.9. The van der Waals surface area contributed by atoms with Crippen molar-refractivity contribution in [1.82, 2.24) is 10.2 Å². The lowest BCUT2D eigenvalue weighted by atomic mass is 10.2. The molecular weight excluding hydrogens is 358 g/mol. The Labute approximate surface area is 149 Å². The average Bonchev–Trinajstić information content (AvgIpc) is 3.02. The highest BCUT2D eigenvalue weighted by Crippen LogP contribution is 2.19. The van der Waals surface area contributed by atoms with E-state index < -0.39 is 9.84 Å². The van der Waals surface area contributed by atoms with Crippen LogP contribution in [-0.2, 0) is 16.3 Å². The number of hydrogen-bond donors (Lipinski definition) is 1. The number of benzene rings is 2. The predicted molar refractivity (Wildman–Crippen MR) is 96.7 cm³/mol. The zero-order valence-corrected chi connectivity index (χ0v) is 15.0. The number of carbonyl (C=O) groups is 1. The summed E-state index contributed by atoms with van der Waals surface area (Å²) < 4.78 is 22.9. The third-order valence-corrected chi connectivity index (χ3v) is 5.40. The van der Waals surface area contributed by atoms with Gasteiger partial charge in [0.05, 0.1) is 4.90 Å². The monoisotopic (exact) mass is 373 g/mol. The van der Waals surface area contributed by atoms with Gasteiger partial charge in [-0.05, 0) is 29.8 Å². The van der Waals surface area contributed by atoms with Gasteiger partial charge in [-0.3, -0.25) is 10.1 Å². The van der Waals surface area contributed by atoms with Gasteiger partial charge in [0.25, 0.3) is 5.91 Å². The number of nitrogens with zero attached hydrogens (tertiary/aromatic N) is 2. The van der Waals surface area contributed by atoms with Crippen LogP contribution < -0.4 is 5.32 Å². The zero-order valence-electron chi connectivity index (χ0n) is 13.3. The van der Waals surface area contributed by atoms with Crippen molar-refractivity contribution in [3.05, 3.63) is 70.7 Å². The molecule has 0 atom stereocenters. The van der Waals surface area contributed by atoms with Crippen LogP contribution in [0.4, 0.5) is 5.13 Å². The summed E-state index contributed by atoms with van der Waals surface area (Å²) in [6.07, 6.45) is 1.77. The molecule has 0 unspecified atom stereocenters. The van der Waals surface area contributed by atoms with E-state index in [-0.39, 0.29) is 10.8 Å². The van der Waals surface area contributed by atoms with Gasteiger partial charge in [0.1, 0.15) is 5.01 Å². The minimum Gasteiger partial charge on any atom is -0.296 e. The topological polar surface area (TPSA) is 89.0 Å². The Morgan fingerprint density at radius 3 is 2.36 bits per heavy atom. The lowest BCUT2D eigenvalue weighted by Gasteiger charge is -2.02. The van der Waals surface area contributed by atoms with E-state index in [2.05, 4.69) is 15.5 Å². The van der Waals surface area contributed by atoms with Crippen LogP contribution in [-0.4, -0.2) is 30.8 Å². The Morgan fingerprint density at radius 1 is 1.04 bits per heavy atom. The van der Waals surface area contributed by atoms with Crippen LogP contribution in [0.1, 0.15) is 20.9 Å². The molecule has 1 heterocycles. The van der Waals surface area contributed by atoms with Crippen LogP contribution in [0.15, 0.2) is 59.5 Å². The molecule has 0 bridgehead atoms. The van der Waals surface area contributed by atoms with E-state index in [0.29, 0.717) is 17.1 Å². The molecule has 1 aromatic heterocycles. The van der Waals surface area contributed by atoms with Gasteiger partial charge in [-0.25, -0.2) is 8.42 Å². The van der Waals surface area contributed by atoms with Gasteiger partial charge in [0, 0.05) is 18.2 Å². The minimum absolute atomic E-state index is 0.171. The third-order valence-electron chi connectivity index (χ3n) is 3.43. The second kappa shape index (κ2) is 7.12. The third kappa shape index (κ3) is 4.49. The van der Waals surface area contributed by atoms with Crippen molar-refractivity contribution >= 4 is 32.2 Å². The van der Waals surface area contributed by atoms with E-state index in [9.17, 15) is 13.2 Å². The number of carbonyl (C=O) groups excluding carboxylic acids is 1. The highest BCUT2D eigenvalue weighted by molar-refractivity contribution is 7.90. The fraction of sp³-hybridized carbons (Fsp3) is 0.118. The number of aromatic nitrogens is 2. The van der Waals surface area contributed by atoms with Gasteiger partial charge in [0.2, 0.25) is 5.13 Å². The summed E-state index contributed by atoms with van der Waals surface area (Å²) in [5.74, 6) is -0.359. The van der Waals surface area contributed by atoms with Crippen molar-refractivity contribution in [2.45, 2.75) is 11.3 Å². The van der Waals surface area contributed by atoms with Crippen LogP contribution in [0, 0.1) is 0 Å². The van der Waals surface area contributed by atoms with E-state index in [0.717, 1.165) is 16.8 Å². The van der Waals surface area contributed by atoms with Crippen LogP contribution in [0.2, 0.25) is 0 Å². The summed E-state index contributed by atoms with van der Waals surface area (Å²) in [7, 11) is -3.28. The van der Waals surface area contributed by atoms with E-state index in [1.807, 2.05) is 30.3 Å². The SMILES string of the molecule is CS(=O)(=O)c1ccc(C(=O)Nc2nnc(Cc3ccccc3)s2)cc1. The molecule has 3 aromatic rings. The molecule has 0 aliphatic heterocycles. The summed E-state index contributed by atoms with van der Waals surface area (Å²) >= 11 is 1.31. The van der Waals surface area contributed by atoms with Crippen molar-refractivity contribution in [2.75, 3.05) is 11.6 Å². The maximum atomic E-state index is 12.2. The van der Waals surface area contributed by atoms with E-state index in [1.54, 1.807) is 0 Å². The fourth-order valence-electron chi connectivity index (χ4n) is 2.17. The lowest BCUT2D eigenvalue weighted by molar-refractivity contribution is 0.102.